The molecule has 1 aliphatic heterocycles. The zero-order valence-electron chi connectivity index (χ0n) is 14.3. The Morgan fingerprint density at radius 2 is 2.00 bits per heavy atom. The van der Waals surface area contributed by atoms with E-state index in [9.17, 15) is 4.79 Å². The Balaban J connectivity index is 1.78. The fourth-order valence-electron chi connectivity index (χ4n) is 3.39. The molecule has 4 heteroatoms. The fraction of sp³-hybridized carbons (Fsp3) is 0.833. The van der Waals surface area contributed by atoms with Crippen LogP contribution in [0.1, 0.15) is 65.7 Å². The molecule has 2 fully saturated rings. The van der Waals surface area contributed by atoms with E-state index in [1.54, 1.807) is 0 Å². The zero-order valence-corrected chi connectivity index (χ0v) is 14.3. The van der Waals surface area contributed by atoms with Gasteiger partial charge in [-0.25, -0.2) is 4.79 Å². The van der Waals surface area contributed by atoms with Gasteiger partial charge in [0, 0.05) is 11.5 Å². The highest BCUT2D eigenvalue weighted by Gasteiger charge is 2.36. The van der Waals surface area contributed by atoms with Crippen molar-refractivity contribution in [3.05, 3.63) is 12.2 Å². The largest absolute Gasteiger partial charge is 0.449 e. The van der Waals surface area contributed by atoms with Gasteiger partial charge in [0.1, 0.15) is 6.61 Å². The highest BCUT2D eigenvalue weighted by molar-refractivity contribution is 5.67. The topological polar surface area (TPSA) is 47.6 Å². The summed E-state index contributed by atoms with van der Waals surface area (Å²) in [6.07, 6.45) is 7.57. The number of carbonyl (C=O) groups excluding carboxylic acids is 1. The van der Waals surface area contributed by atoms with Crippen LogP contribution in [0.5, 0.6) is 0 Å². The van der Waals surface area contributed by atoms with Gasteiger partial charge in [0.05, 0.1) is 12.2 Å². The second-order valence-electron chi connectivity index (χ2n) is 7.64. The van der Waals surface area contributed by atoms with E-state index >= 15 is 0 Å². The van der Waals surface area contributed by atoms with E-state index in [1.807, 2.05) is 0 Å². The van der Waals surface area contributed by atoms with E-state index in [1.165, 1.54) is 24.8 Å². The quantitative estimate of drug-likeness (QED) is 0.792. The number of rotatable bonds is 4. The van der Waals surface area contributed by atoms with Crippen LogP contribution in [0.3, 0.4) is 0 Å². The first-order valence-corrected chi connectivity index (χ1v) is 8.62. The summed E-state index contributed by atoms with van der Waals surface area (Å²) in [5.41, 5.74) is 1.02. The van der Waals surface area contributed by atoms with Gasteiger partial charge in [-0.15, -0.1) is 0 Å². The number of alkyl carbamates (subject to hydrolysis) is 1. The minimum absolute atomic E-state index is 0.0613. The Morgan fingerprint density at radius 3 is 2.64 bits per heavy atom. The Labute approximate surface area is 134 Å². The van der Waals surface area contributed by atoms with Gasteiger partial charge in [-0.3, -0.25) is 0 Å². The lowest BCUT2D eigenvalue weighted by molar-refractivity contribution is -0.0962. The van der Waals surface area contributed by atoms with Gasteiger partial charge in [-0.2, -0.15) is 0 Å². The number of nitrogens with one attached hydrogen (secondary N) is 1. The molecule has 0 spiro atoms. The van der Waals surface area contributed by atoms with Crippen molar-refractivity contribution in [3.63, 3.8) is 0 Å². The Bertz CT molecular complexity index is 399. The summed E-state index contributed by atoms with van der Waals surface area (Å²) in [4.78, 5) is 12.0. The first-order chi connectivity index (χ1) is 10.4. The van der Waals surface area contributed by atoms with Crippen LogP contribution in [0.4, 0.5) is 4.79 Å². The molecule has 2 aliphatic rings. The monoisotopic (exact) mass is 309 g/mol. The molecule has 0 aromatic carbocycles. The van der Waals surface area contributed by atoms with Crippen LogP contribution in [-0.2, 0) is 9.47 Å². The van der Waals surface area contributed by atoms with Gasteiger partial charge in [0.15, 0.2) is 0 Å². The average Bonchev–Trinajstić information content (AvgIpc) is 2.45. The predicted octanol–water partition coefficient (Wildman–Crippen LogP) is 4.20. The molecule has 1 N–H and O–H groups in total. The summed E-state index contributed by atoms with van der Waals surface area (Å²) >= 11 is 0. The van der Waals surface area contributed by atoms with Crippen molar-refractivity contribution in [2.24, 2.45) is 5.41 Å². The third kappa shape index (κ3) is 5.01. The van der Waals surface area contributed by atoms with Gasteiger partial charge in [0.2, 0.25) is 0 Å². The lowest BCUT2D eigenvalue weighted by atomic mass is 9.81. The fourth-order valence-corrected chi connectivity index (χ4v) is 3.39. The van der Waals surface area contributed by atoms with Gasteiger partial charge < -0.3 is 14.8 Å². The second kappa shape index (κ2) is 7.49. The molecular formula is C18H31NO3. The highest BCUT2D eigenvalue weighted by atomic mass is 16.6. The Kier molecular flexibility index (Phi) is 5.90. The summed E-state index contributed by atoms with van der Waals surface area (Å²) in [7, 11) is 0. The number of hydrogen-bond donors (Lipinski definition) is 1. The van der Waals surface area contributed by atoms with Gasteiger partial charge in [-0.1, -0.05) is 45.3 Å². The molecule has 0 unspecified atom stereocenters. The van der Waals surface area contributed by atoms with Crippen LogP contribution >= 0.6 is 0 Å². The van der Waals surface area contributed by atoms with E-state index in [2.05, 4.69) is 32.7 Å². The van der Waals surface area contributed by atoms with Crippen LogP contribution < -0.4 is 5.32 Å². The van der Waals surface area contributed by atoms with E-state index < -0.39 is 0 Å². The van der Waals surface area contributed by atoms with Crippen molar-refractivity contribution in [1.82, 2.24) is 5.32 Å². The maximum atomic E-state index is 12.0. The molecule has 0 bridgehead atoms. The minimum atomic E-state index is -0.289. The first-order valence-electron chi connectivity index (χ1n) is 8.62. The molecule has 1 saturated heterocycles. The summed E-state index contributed by atoms with van der Waals surface area (Å²) in [5, 5.41) is 2.99. The third-order valence-corrected chi connectivity index (χ3v) is 4.82. The number of amides is 1. The molecule has 0 aromatic heterocycles. The standard InChI is InChI=1S/C18H31NO3/c1-13-10-14(2)22-16(11-13)18(3,4)12-21-17(20)19-15-8-6-5-7-9-15/h14-16H,1,5-12H2,2-4H3,(H,19,20)/t14-,16-/m1/s1. The summed E-state index contributed by atoms with van der Waals surface area (Å²) in [6.45, 7) is 10.7. The van der Waals surface area contributed by atoms with Gasteiger partial charge >= 0.3 is 6.09 Å². The molecule has 0 radical (unpaired) electrons. The smallest absolute Gasteiger partial charge is 0.407 e. The number of ether oxygens (including phenoxy) is 2. The van der Waals surface area contributed by atoms with E-state index in [-0.39, 0.29) is 29.8 Å². The maximum absolute atomic E-state index is 12.0. The van der Waals surface area contributed by atoms with Gasteiger partial charge in [-0.05, 0) is 32.6 Å². The van der Waals surface area contributed by atoms with Crippen LogP contribution in [-0.4, -0.2) is 30.9 Å². The van der Waals surface area contributed by atoms with Crippen LogP contribution in [0.2, 0.25) is 0 Å². The summed E-state index contributed by atoms with van der Waals surface area (Å²) in [5.74, 6) is 0. The molecule has 126 valence electrons. The van der Waals surface area contributed by atoms with E-state index in [0.29, 0.717) is 6.61 Å². The Morgan fingerprint density at radius 1 is 1.32 bits per heavy atom. The highest BCUT2D eigenvalue weighted by Crippen LogP contribution is 2.34. The molecule has 22 heavy (non-hydrogen) atoms. The Hall–Kier alpha value is -1.03. The van der Waals surface area contributed by atoms with E-state index in [0.717, 1.165) is 25.7 Å². The molecule has 4 nitrogen and oxygen atoms in total. The molecular weight excluding hydrogens is 278 g/mol. The molecule has 2 atom stereocenters. The zero-order chi connectivity index (χ0) is 16.2. The number of hydrogen-bond acceptors (Lipinski definition) is 3. The van der Waals surface area contributed by atoms with E-state index in [4.69, 9.17) is 9.47 Å². The van der Waals surface area contributed by atoms with Crippen molar-refractivity contribution in [2.45, 2.75) is 84.0 Å². The molecule has 0 aromatic rings. The lowest BCUT2D eigenvalue weighted by Crippen LogP contribution is -2.43. The van der Waals surface area contributed by atoms with Crippen molar-refractivity contribution >= 4 is 6.09 Å². The normalized spacial score (nSPS) is 27.5. The SMILES string of the molecule is C=C1C[C@@H](C)O[C@@H](C(C)(C)COC(=O)NC2CCCCC2)C1. The van der Waals surface area contributed by atoms with Crippen molar-refractivity contribution in [3.8, 4) is 0 Å². The third-order valence-electron chi connectivity index (χ3n) is 4.82. The van der Waals surface area contributed by atoms with Crippen molar-refractivity contribution in [2.75, 3.05) is 6.61 Å². The van der Waals surface area contributed by atoms with Gasteiger partial charge in [0.25, 0.3) is 0 Å². The van der Waals surface area contributed by atoms with Crippen LogP contribution in [0.25, 0.3) is 0 Å². The summed E-state index contributed by atoms with van der Waals surface area (Å²) in [6, 6.07) is 0.287. The first kappa shape index (κ1) is 17.3. The molecule has 1 aliphatic carbocycles. The van der Waals surface area contributed by atoms with Crippen LogP contribution in [0, 0.1) is 5.41 Å². The summed E-state index contributed by atoms with van der Waals surface area (Å²) < 4.78 is 11.5. The molecule has 2 rings (SSSR count). The van der Waals surface area contributed by atoms with Crippen molar-refractivity contribution in [1.29, 1.82) is 0 Å². The predicted molar refractivity (Wildman–Crippen MR) is 87.8 cm³/mol. The molecule has 1 saturated carbocycles. The number of carbonyl (C=O) groups is 1. The molecule has 1 heterocycles. The maximum Gasteiger partial charge on any atom is 0.407 e. The average molecular weight is 309 g/mol. The second-order valence-corrected chi connectivity index (χ2v) is 7.64. The van der Waals surface area contributed by atoms with Crippen LogP contribution in [0.15, 0.2) is 12.2 Å². The minimum Gasteiger partial charge on any atom is -0.449 e. The lowest BCUT2D eigenvalue weighted by Gasteiger charge is -2.39. The molecule has 1 amide bonds. The van der Waals surface area contributed by atoms with Crippen molar-refractivity contribution < 1.29 is 14.3 Å².